The number of hydrogen-bond acceptors (Lipinski definition) is 6. The molecule has 1 aromatic heterocycles. The van der Waals surface area contributed by atoms with Gasteiger partial charge in [-0.15, -0.1) is 10.2 Å². The Morgan fingerprint density at radius 1 is 1.35 bits per heavy atom. The maximum Gasteiger partial charge on any atom is 0.270 e. The van der Waals surface area contributed by atoms with Crippen molar-refractivity contribution >= 4 is 28.1 Å². The van der Waals surface area contributed by atoms with Crippen molar-refractivity contribution in [3.8, 4) is 0 Å². The number of aromatic nitrogens is 2. The molecule has 0 saturated heterocycles. The fourth-order valence-corrected chi connectivity index (χ4v) is 2.45. The lowest BCUT2D eigenvalue weighted by molar-refractivity contribution is -0.125. The minimum Gasteiger partial charge on any atom is -0.382 e. The molecule has 102 valence electrons. The fraction of sp³-hybridized carbons (Fsp3) is 0.231. The van der Waals surface area contributed by atoms with E-state index in [1.54, 1.807) is 0 Å². The first-order chi connectivity index (χ1) is 9.72. The Balaban J connectivity index is 1.62. The first kappa shape index (κ1) is 12.7. The summed E-state index contributed by atoms with van der Waals surface area (Å²) in [5.41, 5.74) is 1.74. The van der Waals surface area contributed by atoms with Crippen LogP contribution in [0.4, 0.5) is 5.13 Å². The highest BCUT2D eigenvalue weighted by Gasteiger charge is 2.29. The van der Waals surface area contributed by atoms with Crippen LogP contribution < -0.4 is 5.32 Å². The Morgan fingerprint density at radius 3 is 2.85 bits per heavy atom. The third-order valence-corrected chi connectivity index (χ3v) is 3.58. The summed E-state index contributed by atoms with van der Waals surface area (Å²) in [6, 6.07) is 9.67. The highest BCUT2D eigenvalue weighted by Crippen LogP contribution is 2.19. The van der Waals surface area contributed by atoms with Gasteiger partial charge in [-0.05, 0) is 12.5 Å². The molecule has 0 radical (unpaired) electrons. The van der Waals surface area contributed by atoms with E-state index in [-0.39, 0.29) is 5.91 Å². The second kappa shape index (κ2) is 5.38. The van der Waals surface area contributed by atoms with Crippen LogP contribution in [0.3, 0.4) is 0 Å². The van der Waals surface area contributed by atoms with Gasteiger partial charge in [0.05, 0.1) is 5.71 Å². The van der Waals surface area contributed by atoms with Crippen LogP contribution in [-0.4, -0.2) is 27.9 Å². The van der Waals surface area contributed by atoms with Gasteiger partial charge in [-0.3, -0.25) is 10.1 Å². The first-order valence-corrected chi connectivity index (χ1v) is 6.93. The molecular formula is C13H12N4O2S. The highest BCUT2D eigenvalue weighted by atomic mass is 32.1. The van der Waals surface area contributed by atoms with Gasteiger partial charge in [0.2, 0.25) is 11.2 Å². The number of amides is 1. The van der Waals surface area contributed by atoms with E-state index in [1.165, 1.54) is 11.3 Å². The van der Waals surface area contributed by atoms with Crippen molar-refractivity contribution in [2.45, 2.75) is 19.4 Å². The Hall–Kier alpha value is -2.28. The van der Waals surface area contributed by atoms with E-state index in [9.17, 15) is 4.79 Å². The van der Waals surface area contributed by atoms with E-state index in [2.05, 4.69) is 20.7 Å². The monoisotopic (exact) mass is 288 g/mol. The number of anilines is 1. The van der Waals surface area contributed by atoms with Gasteiger partial charge >= 0.3 is 0 Å². The van der Waals surface area contributed by atoms with Crippen LogP contribution in [0.25, 0.3) is 0 Å². The largest absolute Gasteiger partial charge is 0.382 e. The topological polar surface area (TPSA) is 76.5 Å². The molecule has 7 heteroatoms. The summed E-state index contributed by atoms with van der Waals surface area (Å²) in [7, 11) is 0. The molecule has 1 aliphatic heterocycles. The van der Waals surface area contributed by atoms with Gasteiger partial charge in [-0.25, -0.2) is 0 Å². The minimum absolute atomic E-state index is 0.254. The molecule has 0 fully saturated rings. The molecule has 2 aromatic rings. The standard InChI is InChI=1S/C13H12N4O2S/c1-8-15-16-13(20-8)14-12(18)11-7-10(17-19-11)9-5-3-2-4-6-9/h2-6,11H,7H2,1H3,(H,14,16,18)/t11-/m0/s1. The van der Waals surface area contributed by atoms with E-state index in [0.717, 1.165) is 16.3 Å². The van der Waals surface area contributed by atoms with Gasteiger partial charge in [0.15, 0.2) is 0 Å². The van der Waals surface area contributed by atoms with Gasteiger partial charge in [-0.1, -0.05) is 46.8 Å². The number of nitrogens with one attached hydrogen (secondary N) is 1. The summed E-state index contributed by atoms with van der Waals surface area (Å²) in [6.45, 7) is 1.83. The zero-order valence-corrected chi connectivity index (χ0v) is 11.6. The second-order valence-corrected chi connectivity index (χ2v) is 5.50. The number of benzene rings is 1. The third-order valence-electron chi connectivity index (χ3n) is 2.82. The number of carbonyl (C=O) groups is 1. The van der Waals surface area contributed by atoms with E-state index in [4.69, 9.17) is 4.84 Å². The summed E-state index contributed by atoms with van der Waals surface area (Å²) in [6.07, 6.45) is -0.164. The maximum atomic E-state index is 12.0. The molecule has 2 heterocycles. The number of hydrogen-bond donors (Lipinski definition) is 1. The molecule has 20 heavy (non-hydrogen) atoms. The molecule has 3 rings (SSSR count). The highest BCUT2D eigenvalue weighted by molar-refractivity contribution is 7.15. The normalized spacial score (nSPS) is 17.4. The van der Waals surface area contributed by atoms with Gasteiger partial charge in [-0.2, -0.15) is 0 Å². The van der Waals surface area contributed by atoms with Crippen LogP contribution in [0.2, 0.25) is 0 Å². The average molecular weight is 288 g/mol. The van der Waals surface area contributed by atoms with Crippen molar-refractivity contribution in [2.24, 2.45) is 5.16 Å². The molecule has 1 aliphatic rings. The van der Waals surface area contributed by atoms with Crippen LogP contribution in [0.5, 0.6) is 0 Å². The van der Waals surface area contributed by atoms with E-state index < -0.39 is 6.10 Å². The fourth-order valence-electron chi connectivity index (χ4n) is 1.85. The maximum absolute atomic E-state index is 12.0. The number of aryl methyl sites for hydroxylation is 1. The summed E-state index contributed by atoms with van der Waals surface area (Å²) in [4.78, 5) is 17.2. The predicted molar refractivity (Wildman–Crippen MR) is 75.7 cm³/mol. The molecule has 1 atom stereocenters. The lowest BCUT2D eigenvalue weighted by Crippen LogP contribution is -2.28. The molecule has 0 bridgehead atoms. The van der Waals surface area contributed by atoms with Crippen LogP contribution >= 0.6 is 11.3 Å². The molecule has 0 saturated carbocycles. The van der Waals surface area contributed by atoms with Crippen LogP contribution in [0.15, 0.2) is 35.5 Å². The SMILES string of the molecule is Cc1nnc(NC(=O)[C@@H]2CC(c3ccccc3)=NO2)s1. The summed E-state index contributed by atoms with van der Waals surface area (Å²) < 4.78 is 0. The summed E-state index contributed by atoms with van der Waals surface area (Å²) >= 11 is 1.32. The lowest BCUT2D eigenvalue weighted by atomic mass is 10.1. The second-order valence-electron chi connectivity index (χ2n) is 4.32. The predicted octanol–water partition coefficient (Wildman–Crippen LogP) is 1.98. The lowest BCUT2D eigenvalue weighted by Gasteiger charge is -2.06. The zero-order valence-electron chi connectivity index (χ0n) is 10.7. The van der Waals surface area contributed by atoms with Crippen molar-refractivity contribution < 1.29 is 9.63 Å². The van der Waals surface area contributed by atoms with Crippen LogP contribution in [0, 0.1) is 6.92 Å². The van der Waals surface area contributed by atoms with E-state index >= 15 is 0 Å². The molecule has 1 amide bonds. The smallest absolute Gasteiger partial charge is 0.270 e. The van der Waals surface area contributed by atoms with Gasteiger partial charge in [0.1, 0.15) is 5.01 Å². The Kier molecular flexibility index (Phi) is 3.42. The molecule has 1 N–H and O–H groups in total. The molecule has 6 nitrogen and oxygen atoms in total. The number of oxime groups is 1. The van der Waals surface area contributed by atoms with Gasteiger partial charge in [0.25, 0.3) is 5.91 Å². The third kappa shape index (κ3) is 2.67. The number of carbonyl (C=O) groups excluding carboxylic acids is 1. The van der Waals surface area contributed by atoms with Crippen molar-refractivity contribution in [3.05, 3.63) is 40.9 Å². The quantitative estimate of drug-likeness (QED) is 0.937. The zero-order chi connectivity index (χ0) is 13.9. The summed E-state index contributed by atoms with van der Waals surface area (Å²) in [5, 5.41) is 15.6. The van der Waals surface area contributed by atoms with Crippen molar-refractivity contribution in [1.82, 2.24) is 10.2 Å². The van der Waals surface area contributed by atoms with E-state index in [1.807, 2.05) is 37.3 Å². The Morgan fingerprint density at radius 2 is 2.15 bits per heavy atom. The molecule has 1 aromatic carbocycles. The van der Waals surface area contributed by atoms with Crippen LogP contribution in [0.1, 0.15) is 17.0 Å². The van der Waals surface area contributed by atoms with Crippen molar-refractivity contribution in [3.63, 3.8) is 0 Å². The van der Waals surface area contributed by atoms with Crippen molar-refractivity contribution in [2.75, 3.05) is 5.32 Å². The average Bonchev–Trinajstić information content (AvgIpc) is 3.09. The summed E-state index contributed by atoms with van der Waals surface area (Å²) in [5.74, 6) is -0.254. The number of nitrogens with zero attached hydrogens (tertiary/aromatic N) is 3. The Labute approximate surface area is 119 Å². The molecule has 0 unspecified atom stereocenters. The molecule has 0 spiro atoms. The van der Waals surface area contributed by atoms with Crippen LogP contribution in [-0.2, 0) is 9.63 Å². The Bertz CT molecular complexity index is 653. The van der Waals surface area contributed by atoms with E-state index in [0.29, 0.717) is 11.6 Å². The minimum atomic E-state index is -0.616. The van der Waals surface area contributed by atoms with Gasteiger partial charge in [0, 0.05) is 6.42 Å². The molecular weight excluding hydrogens is 276 g/mol. The van der Waals surface area contributed by atoms with Gasteiger partial charge < -0.3 is 4.84 Å². The van der Waals surface area contributed by atoms with Crippen molar-refractivity contribution in [1.29, 1.82) is 0 Å². The first-order valence-electron chi connectivity index (χ1n) is 6.11. The molecule has 0 aliphatic carbocycles. The number of rotatable bonds is 3.